The van der Waals surface area contributed by atoms with E-state index in [1.165, 1.54) is 40.0 Å². The van der Waals surface area contributed by atoms with Gasteiger partial charge in [-0.05, 0) is 45.2 Å². The maximum atomic E-state index is 13.2. The van der Waals surface area contributed by atoms with Crippen LogP contribution in [0, 0.1) is 0 Å². The maximum Gasteiger partial charge on any atom is 0.327 e. The number of β-lactam (4-membered cyclic amide) rings is 1. The van der Waals surface area contributed by atoms with Crippen LogP contribution >= 0.6 is 35.1 Å². The number of carbonyl (C=O) groups is 3. The SMILES string of the molecule is CC1(C)S[C@@H]2[C@H](NC(=O)C(CC3CCCOS3)c3csc(N)n3)C(=O)N2[C@H]1C(=O)O. The first-order chi connectivity index (χ1) is 14.2. The Morgan fingerprint density at radius 1 is 1.50 bits per heavy atom. The van der Waals surface area contributed by atoms with Crippen molar-refractivity contribution in [3.05, 3.63) is 11.1 Å². The number of thioether (sulfide) groups is 1. The van der Waals surface area contributed by atoms with Crippen molar-refractivity contribution in [2.45, 2.75) is 66.5 Å². The lowest BCUT2D eigenvalue weighted by molar-refractivity contribution is -0.161. The molecule has 5 atom stereocenters. The number of rotatable bonds is 6. The summed E-state index contributed by atoms with van der Waals surface area (Å²) in [5.41, 5.74) is 6.37. The number of thiazole rings is 1. The van der Waals surface area contributed by atoms with Crippen LogP contribution < -0.4 is 11.1 Å². The van der Waals surface area contributed by atoms with Gasteiger partial charge in [-0.25, -0.2) is 9.78 Å². The molecule has 164 valence electrons. The number of hydrogen-bond acceptors (Lipinski definition) is 9. The summed E-state index contributed by atoms with van der Waals surface area (Å²) in [6.45, 7) is 4.32. The molecule has 0 saturated carbocycles. The van der Waals surface area contributed by atoms with Crippen molar-refractivity contribution in [1.82, 2.24) is 15.2 Å². The molecule has 3 fully saturated rings. The van der Waals surface area contributed by atoms with Gasteiger partial charge in [0, 0.05) is 15.4 Å². The number of hydrogen-bond donors (Lipinski definition) is 3. The predicted octanol–water partition coefficient (Wildman–Crippen LogP) is 1.66. The van der Waals surface area contributed by atoms with Crippen molar-refractivity contribution < 1.29 is 23.7 Å². The lowest BCUT2D eigenvalue weighted by Crippen LogP contribution is -2.70. The molecule has 1 aromatic rings. The second-order valence-electron chi connectivity index (χ2n) is 8.17. The van der Waals surface area contributed by atoms with Gasteiger partial charge in [-0.1, -0.05) is 0 Å². The van der Waals surface area contributed by atoms with Crippen molar-refractivity contribution in [2.75, 3.05) is 12.3 Å². The van der Waals surface area contributed by atoms with Gasteiger partial charge in [0.15, 0.2) is 5.13 Å². The summed E-state index contributed by atoms with van der Waals surface area (Å²) < 4.78 is 4.84. The molecule has 0 bridgehead atoms. The summed E-state index contributed by atoms with van der Waals surface area (Å²) in [7, 11) is 0. The van der Waals surface area contributed by atoms with Crippen LogP contribution in [0.15, 0.2) is 5.38 Å². The van der Waals surface area contributed by atoms with Crippen molar-refractivity contribution in [2.24, 2.45) is 0 Å². The van der Waals surface area contributed by atoms with Gasteiger partial charge in [-0.2, -0.15) is 0 Å². The summed E-state index contributed by atoms with van der Waals surface area (Å²) >= 11 is 4.07. The first-order valence-corrected chi connectivity index (χ1v) is 12.3. The normalized spacial score (nSPS) is 31.0. The number of carboxylic acids is 1. The molecule has 0 spiro atoms. The van der Waals surface area contributed by atoms with Gasteiger partial charge in [0.05, 0.1) is 18.2 Å². The lowest BCUT2D eigenvalue weighted by atomic mass is 9.94. The van der Waals surface area contributed by atoms with Crippen LogP contribution in [0.2, 0.25) is 0 Å². The third-order valence-electron chi connectivity index (χ3n) is 5.64. The molecule has 3 saturated heterocycles. The van der Waals surface area contributed by atoms with Crippen molar-refractivity contribution in [3.8, 4) is 0 Å². The van der Waals surface area contributed by atoms with Gasteiger partial charge >= 0.3 is 5.97 Å². The average Bonchev–Trinajstić information content (AvgIpc) is 3.23. The van der Waals surface area contributed by atoms with E-state index in [2.05, 4.69) is 10.3 Å². The van der Waals surface area contributed by atoms with Crippen LogP contribution in [-0.4, -0.2) is 66.8 Å². The second-order valence-corrected chi connectivity index (χ2v) is 11.9. The molecule has 0 aliphatic carbocycles. The molecule has 4 rings (SSSR count). The first kappa shape index (κ1) is 21.7. The highest BCUT2D eigenvalue weighted by molar-refractivity contribution is 8.01. The molecule has 0 aromatic carbocycles. The van der Waals surface area contributed by atoms with Crippen LogP contribution in [-0.2, 0) is 18.6 Å². The Balaban J connectivity index is 1.49. The largest absolute Gasteiger partial charge is 0.480 e. The van der Waals surface area contributed by atoms with Crippen molar-refractivity contribution >= 4 is 58.1 Å². The number of nitrogens with two attached hydrogens (primary N) is 1. The fraction of sp³-hybridized carbons (Fsp3) is 0.667. The number of anilines is 1. The minimum atomic E-state index is -1.03. The molecular formula is C18H24N4O5S3. The number of nitrogen functional groups attached to an aromatic ring is 1. The third-order valence-corrected chi connectivity index (χ3v) is 8.91. The number of nitrogens with zero attached hydrogens (tertiary/aromatic N) is 2. The summed E-state index contributed by atoms with van der Waals surface area (Å²) in [5, 5.41) is 14.3. The zero-order valence-corrected chi connectivity index (χ0v) is 19.0. The average molecular weight is 473 g/mol. The summed E-state index contributed by atoms with van der Waals surface area (Å²) in [6, 6.07) is -1.64. The fourth-order valence-electron chi connectivity index (χ4n) is 4.20. The molecule has 2 unspecified atom stereocenters. The highest BCUT2D eigenvalue weighted by atomic mass is 32.2. The number of aliphatic carboxylic acids is 1. The van der Waals surface area contributed by atoms with Crippen molar-refractivity contribution in [1.29, 1.82) is 0 Å². The third kappa shape index (κ3) is 3.90. The van der Waals surface area contributed by atoms with Crippen LogP contribution in [0.25, 0.3) is 0 Å². The second kappa shape index (κ2) is 8.21. The quantitative estimate of drug-likeness (QED) is 0.417. The van der Waals surface area contributed by atoms with Crippen molar-refractivity contribution in [3.63, 3.8) is 0 Å². The fourth-order valence-corrected chi connectivity index (χ4v) is 7.39. The van der Waals surface area contributed by atoms with Gasteiger partial charge in [0.2, 0.25) is 11.8 Å². The Bertz CT molecular complexity index is 857. The summed E-state index contributed by atoms with van der Waals surface area (Å²) in [4.78, 5) is 43.3. The number of carbonyl (C=O) groups excluding carboxylic acids is 2. The van der Waals surface area contributed by atoms with Crippen LogP contribution in [0.4, 0.5) is 5.13 Å². The van der Waals surface area contributed by atoms with Gasteiger partial charge in [-0.3, -0.25) is 9.59 Å². The molecule has 3 aliphatic heterocycles. The Hall–Kier alpha value is -1.50. The van der Waals surface area contributed by atoms with E-state index >= 15 is 0 Å². The molecule has 4 heterocycles. The highest BCUT2D eigenvalue weighted by Gasteiger charge is 2.64. The van der Waals surface area contributed by atoms with E-state index in [0.29, 0.717) is 23.9 Å². The van der Waals surface area contributed by atoms with E-state index in [4.69, 9.17) is 9.92 Å². The number of fused-ring (bicyclic) bond motifs is 1. The molecule has 3 aliphatic rings. The van der Waals surface area contributed by atoms with E-state index in [1.54, 1.807) is 5.38 Å². The van der Waals surface area contributed by atoms with Crippen LogP contribution in [0.3, 0.4) is 0 Å². The molecule has 1 aromatic heterocycles. The topological polar surface area (TPSA) is 135 Å². The minimum absolute atomic E-state index is 0.155. The molecule has 9 nitrogen and oxygen atoms in total. The zero-order valence-electron chi connectivity index (χ0n) is 16.6. The van der Waals surface area contributed by atoms with Gasteiger partial charge in [0.25, 0.3) is 0 Å². The number of aromatic nitrogens is 1. The molecule has 2 amide bonds. The van der Waals surface area contributed by atoms with E-state index in [1.807, 2.05) is 13.8 Å². The molecule has 4 N–H and O–H groups in total. The van der Waals surface area contributed by atoms with Crippen LogP contribution in [0.1, 0.15) is 44.7 Å². The maximum absolute atomic E-state index is 13.2. The summed E-state index contributed by atoms with van der Waals surface area (Å²) in [5.74, 6) is -2.22. The van der Waals surface area contributed by atoms with Gasteiger partial charge < -0.3 is 25.2 Å². The Morgan fingerprint density at radius 3 is 2.87 bits per heavy atom. The standard InChI is InChI=1S/C18H24N4O5S3/c1-18(2)12(16(25)26)22-14(24)11(15(22)29-18)21-13(23)9(10-7-28-17(19)20-10)6-8-4-3-5-27-30-8/h7-9,11-12,15H,3-6H2,1-2H3,(H2,19,20)(H,21,23)(H,25,26)/t8?,9?,11-,12+,15-/m1/s1. The van der Waals surface area contributed by atoms with E-state index in [9.17, 15) is 19.5 Å². The predicted molar refractivity (Wildman–Crippen MR) is 116 cm³/mol. The molecule has 0 radical (unpaired) electrons. The summed E-state index contributed by atoms with van der Waals surface area (Å²) in [6.07, 6.45) is 2.41. The number of amides is 2. The Labute approximate surface area is 186 Å². The minimum Gasteiger partial charge on any atom is -0.480 e. The van der Waals surface area contributed by atoms with Gasteiger partial charge in [-0.15, -0.1) is 23.1 Å². The molecular weight excluding hydrogens is 448 g/mol. The van der Waals surface area contributed by atoms with E-state index in [-0.39, 0.29) is 22.4 Å². The van der Waals surface area contributed by atoms with Gasteiger partial charge in [0.1, 0.15) is 17.5 Å². The molecule has 12 heteroatoms. The smallest absolute Gasteiger partial charge is 0.327 e. The molecule has 30 heavy (non-hydrogen) atoms. The first-order valence-electron chi connectivity index (χ1n) is 9.71. The monoisotopic (exact) mass is 472 g/mol. The number of carboxylic acid groups (broad SMARTS) is 1. The number of nitrogens with one attached hydrogen (secondary N) is 1. The highest BCUT2D eigenvalue weighted by Crippen LogP contribution is 2.51. The van der Waals surface area contributed by atoms with Crippen LogP contribution in [0.5, 0.6) is 0 Å². The van der Waals surface area contributed by atoms with E-state index in [0.717, 1.165) is 12.8 Å². The lowest BCUT2D eigenvalue weighted by Gasteiger charge is -2.44. The Morgan fingerprint density at radius 2 is 2.27 bits per heavy atom. The zero-order chi connectivity index (χ0) is 21.6. The Kier molecular flexibility index (Phi) is 5.94. The van der Waals surface area contributed by atoms with E-state index < -0.39 is 28.7 Å².